The van der Waals surface area contributed by atoms with Crippen molar-refractivity contribution in [1.82, 2.24) is 20.4 Å². The number of aromatic amines is 1. The van der Waals surface area contributed by atoms with Crippen LogP contribution >= 0.6 is 0 Å². The summed E-state index contributed by atoms with van der Waals surface area (Å²) < 4.78 is 5.48. The summed E-state index contributed by atoms with van der Waals surface area (Å²) in [5.74, 6) is 0.366. The van der Waals surface area contributed by atoms with Gasteiger partial charge in [-0.25, -0.2) is 0 Å². The third kappa shape index (κ3) is 5.17. The largest absolute Gasteiger partial charge is 0.378 e. The zero-order valence-corrected chi connectivity index (χ0v) is 21.9. The lowest BCUT2D eigenvalue weighted by atomic mass is 9.85. The number of anilines is 1. The van der Waals surface area contributed by atoms with Crippen LogP contribution < -0.4 is 10.2 Å². The summed E-state index contributed by atoms with van der Waals surface area (Å²) in [6.07, 6.45) is 2.14. The van der Waals surface area contributed by atoms with E-state index >= 15 is 0 Å². The number of nitrogens with zero attached hydrogens (tertiary/aromatic N) is 3. The standard InChI is InChI=1S/C31H35N5O2/c1-35-15-13-24(14-16-35)29(22-5-3-2-4-6-22)32-31(37)25-9-12-28-27(21-25)30(34-33-28)23-7-10-26(11-8-23)36-17-19-38-20-18-36/h2-12,21,24,29H,13-20H2,1H3,(H,32,37)(H,33,34). The van der Waals surface area contributed by atoms with Crippen molar-refractivity contribution in [2.45, 2.75) is 18.9 Å². The van der Waals surface area contributed by atoms with Crippen LogP contribution in [-0.2, 0) is 4.74 Å². The summed E-state index contributed by atoms with van der Waals surface area (Å²) in [6, 6.07) is 24.7. The molecule has 2 fully saturated rings. The van der Waals surface area contributed by atoms with E-state index in [0.29, 0.717) is 11.5 Å². The number of morpholine rings is 1. The van der Waals surface area contributed by atoms with Crippen molar-refractivity contribution < 1.29 is 9.53 Å². The predicted molar refractivity (Wildman–Crippen MR) is 151 cm³/mol. The average Bonchev–Trinajstić information content (AvgIpc) is 3.41. The summed E-state index contributed by atoms with van der Waals surface area (Å²) in [5.41, 5.74) is 5.82. The second kappa shape index (κ2) is 11.0. The predicted octanol–water partition coefficient (Wildman–Crippen LogP) is 4.88. The number of hydrogen-bond donors (Lipinski definition) is 2. The first-order chi connectivity index (χ1) is 18.7. The summed E-state index contributed by atoms with van der Waals surface area (Å²) in [7, 11) is 2.17. The van der Waals surface area contributed by atoms with Gasteiger partial charge in [0, 0.05) is 35.3 Å². The van der Waals surface area contributed by atoms with Crippen molar-refractivity contribution in [1.29, 1.82) is 0 Å². The maximum Gasteiger partial charge on any atom is 0.251 e. The Kier molecular flexibility index (Phi) is 7.12. The molecule has 0 aliphatic carbocycles. The monoisotopic (exact) mass is 509 g/mol. The first-order valence-corrected chi connectivity index (χ1v) is 13.6. The molecule has 7 nitrogen and oxygen atoms in total. The lowest BCUT2D eigenvalue weighted by Crippen LogP contribution is -2.39. The molecule has 2 aliphatic rings. The molecular formula is C31H35N5O2. The van der Waals surface area contributed by atoms with E-state index in [1.54, 1.807) is 0 Å². The number of fused-ring (bicyclic) bond motifs is 1. The molecule has 196 valence electrons. The molecule has 3 heterocycles. The van der Waals surface area contributed by atoms with E-state index in [-0.39, 0.29) is 11.9 Å². The van der Waals surface area contributed by atoms with Crippen LogP contribution in [0.1, 0.15) is 34.8 Å². The normalized spacial score (nSPS) is 18.0. The van der Waals surface area contributed by atoms with Gasteiger partial charge in [-0.05, 0) is 74.8 Å². The molecule has 0 spiro atoms. The van der Waals surface area contributed by atoms with Crippen LogP contribution in [0, 0.1) is 5.92 Å². The lowest BCUT2D eigenvalue weighted by molar-refractivity contribution is 0.0901. The van der Waals surface area contributed by atoms with Crippen molar-refractivity contribution in [2.24, 2.45) is 5.92 Å². The number of nitrogens with one attached hydrogen (secondary N) is 2. The topological polar surface area (TPSA) is 73.5 Å². The Morgan fingerprint density at radius 3 is 2.45 bits per heavy atom. The number of amides is 1. The first kappa shape index (κ1) is 24.6. The maximum absolute atomic E-state index is 13.6. The van der Waals surface area contributed by atoms with Gasteiger partial charge >= 0.3 is 0 Å². The number of carbonyl (C=O) groups excluding carboxylic acids is 1. The molecule has 1 aromatic heterocycles. The van der Waals surface area contributed by atoms with Gasteiger partial charge in [-0.3, -0.25) is 9.89 Å². The van der Waals surface area contributed by atoms with Crippen LogP contribution in [0.5, 0.6) is 0 Å². The van der Waals surface area contributed by atoms with Crippen LogP contribution in [-0.4, -0.2) is 67.4 Å². The van der Waals surface area contributed by atoms with Gasteiger partial charge in [0.1, 0.15) is 0 Å². The van der Waals surface area contributed by atoms with Gasteiger partial charge in [-0.15, -0.1) is 0 Å². The molecular weight excluding hydrogens is 474 g/mol. The fourth-order valence-corrected chi connectivity index (χ4v) is 5.75. The molecule has 2 N–H and O–H groups in total. The fraction of sp³-hybridized carbons (Fsp3) is 0.355. The van der Waals surface area contributed by atoms with Crippen LogP contribution in [0.25, 0.3) is 22.2 Å². The molecule has 2 saturated heterocycles. The van der Waals surface area contributed by atoms with Gasteiger partial charge in [-0.1, -0.05) is 42.5 Å². The van der Waals surface area contributed by atoms with Crippen LogP contribution in [0.3, 0.4) is 0 Å². The van der Waals surface area contributed by atoms with E-state index in [1.807, 2.05) is 24.3 Å². The molecule has 0 radical (unpaired) electrons. The van der Waals surface area contributed by atoms with E-state index in [2.05, 4.69) is 80.9 Å². The van der Waals surface area contributed by atoms with E-state index < -0.39 is 0 Å². The molecule has 1 atom stereocenters. The highest BCUT2D eigenvalue weighted by atomic mass is 16.5. The van der Waals surface area contributed by atoms with Crippen molar-refractivity contribution >= 4 is 22.5 Å². The van der Waals surface area contributed by atoms with E-state index in [9.17, 15) is 4.79 Å². The molecule has 4 aromatic rings. The van der Waals surface area contributed by atoms with Gasteiger partial charge in [0.05, 0.1) is 30.5 Å². The minimum Gasteiger partial charge on any atom is -0.378 e. The smallest absolute Gasteiger partial charge is 0.251 e. The third-order valence-corrected chi connectivity index (χ3v) is 8.02. The highest BCUT2D eigenvalue weighted by Gasteiger charge is 2.28. The molecule has 0 bridgehead atoms. The Balaban J connectivity index is 1.25. The van der Waals surface area contributed by atoms with Crippen molar-refractivity contribution in [2.75, 3.05) is 51.3 Å². The summed E-state index contributed by atoms with van der Waals surface area (Å²) in [4.78, 5) is 18.3. The zero-order chi connectivity index (χ0) is 25.9. The van der Waals surface area contributed by atoms with Crippen LogP contribution in [0.2, 0.25) is 0 Å². The third-order valence-electron chi connectivity index (χ3n) is 8.02. The SMILES string of the molecule is CN1CCC(C(NC(=O)c2ccc3[nH]nc(-c4ccc(N5CCOCC5)cc4)c3c2)c2ccccc2)CC1. The average molecular weight is 510 g/mol. The summed E-state index contributed by atoms with van der Waals surface area (Å²) >= 11 is 0. The Labute approximate surface area is 223 Å². The zero-order valence-electron chi connectivity index (χ0n) is 21.9. The Morgan fingerprint density at radius 2 is 1.71 bits per heavy atom. The molecule has 0 saturated carbocycles. The molecule has 1 unspecified atom stereocenters. The molecule has 3 aromatic carbocycles. The molecule has 1 amide bonds. The van der Waals surface area contributed by atoms with Crippen LogP contribution in [0.15, 0.2) is 72.8 Å². The highest BCUT2D eigenvalue weighted by Crippen LogP contribution is 2.32. The van der Waals surface area contributed by atoms with Crippen molar-refractivity contribution in [3.05, 3.63) is 83.9 Å². The number of hydrogen-bond acceptors (Lipinski definition) is 5. The second-order valence-electron chi connectivity index (χ2n) is 10.5. The Hall–Kier alpha value is -3.68. The number of aromatic nitrogens is 2. The van der Waals surface area contributed by atoms with Gasteiger partial charge in [-0.2, -0.15) is 5.10 Å². The molecule has 38 heavy (non-hydrogen) atoms. The number of rotatable bonds is 6. The number of carbonyl (C=O) groups is 1. The second-order valence-corrected chi connectivity index (χ2v) is 10.5. The van der Waals surface area contributed by atoms with E-state index in [1.165, 1.54) is 11.3 Å². The minimum absolute atomic E-state index is 0.00958. The van der Waals surface area contributed by atoms with Gasteiger partial charge in [0.2, 0.25) is 0 Å². The minimum atomic E-state index is -0.0468. The van der Waals surface area contributed by atoms with Crippen molar-refractivity contribution in [3.63, 3.8) is 0 Å². The number of benzene rings is 3. The highest BCUT2D eigenvalue weighted by molar-refractivity contribution is 6.01. The number of piperidine rings is 1. The maximum atomic E-state index is 13.6. The van der Waals surface area contributed by atoms with E-state index in [4.69, 9.17) is 4.74 Å². The molecule has 7 heteroatoms. The van der Waals surface area contributed by atoms with Gasteiger partial charge in [0.25, 0.3) is 5.91 Å². The Bertz CT molecular complexity index is 1370. The Morgan fingerprint density at radius 1 is 0.974 bits per heavy atom. The summed E-state index contributed by atoms with van der Waals surface area (Å²) in [5, 5.41) is 12.1. The number of ether oxygens (including phenoxy) is 1. The fourth-order valence-electron chi connectivity index (χ4n) is 5.75. The quantitative estimate of drug-likeness (QED) is 0.388. The molecule has 2 aliphatic heterocycles. The number of H-pyrrole nitrogens is 1. The van der Waals surface area contributed by atoms with Crippen LogP contribution in [0.4, 0.5) is 5.69 Å². The van der Waals surface area contributed by atoms with E-state index in [0.717, 1.165) is 74.4 Å². The first-order valence-electron chi connectivity index (χ1n) is 13.6. The summed E-state index contributed by atoms with van der Waals surface area (Å²) in [6.45, 7) is 5.45. The van der Waals surface area contributed by atoms with Crippen molar-refractivity contribution in [3.8, 4) is 11.3 Å². The van der Waals surface area contributed by atoms with Gasteiger partial charge < -0.3 is 19.9 Å². The molecule has 6 rings (SSSR count). The lowest BCUT2D eigenvalue weighted by Gasteiger charge is -2.35. The number of likely N-dealkylation sites (tertiary alicyclic amines) is 1. The van der Waals surface area contributed by atoms with Gasteiger partial charge in [0.15, 0.2) is 0 Å².